The van der Waals surface area contributed by atoms with Crippen molar-refractivity contribution in [3.8, 4) is 10.7 Å². The van der Waals surface area contributed by atoms with Crippen molar-refractivity contribution in [2.45, 2.75) is 25.8 Å². The number of hydrogen-bond acceptors (Lipinski definition) is 4. The van der Waals surface area contributed by atoms with Gasteiger partial charge < -0.3 is 5.73 Å². The third-order valence-corrected chi connectivity index (χ3v) is 3.07. The van der Waals surface area contributed by atoms with Gasteiger partial charge in [-0.3, -0.25) is 4.68 Å². The van der Waals surface area contributed by atoms with E-state index in [0.29, 0.717) is 0 Å². The molecule has 2 aromatic rings. The van der Waals surface area contributed by atoms with Crippen molar-refractivity contribution in [3.63, 3.8) is 0 Å². The number of nitrogens with zero attached hydrogens (tertiary/aromatic N) is 3. The van der Waals surface area contributed by atoms with Gasteiger partial charge in [-0.15, -0.1) is 11.3 Å². The fourth-order valence-electron chi connectivity index (χ4n) is 1.49. The molecular formula is C11H16N4S. The zero-order valence-electron chi connectivity index (χ0n) is 9.77. The number of rotatable bonds is 3. The van der Waals surface area contributed by atoms with E-state index < -0.39 is 0 Å². The third kappa shape index (κ3) is 2.48. The van der Waals surface area contributed by atoms with E-state index in [0.717, 1.165) is 22.9 Å². The molecule has 0 aliphatic heterocycles. The molecule has 0 atom stereocenters. The molecule has 2 aromatic heterocycles. The zero-order valence-corrected chi connectivity index (χ0v) is 10.6. The molecule has 0 saturated carbocycles. The van der Waals surface area contributed by atoms with Crippen LogP contribution in [0.15, 0.2) is 17.5 Å². The highest BCUT2D eigenvalue weighted by Gasteiger charge is 2.17. The first-order valence-electron chi connectivity index (χ1n) is 5.18. The van der Waals surface area contributed by atoms with Gasteiger partial charge in [-0.2, -0.15) is 5.10 Å². The predicted molar refractivity (Wildman–Crippen MR) is 66.3 cm³/mol. The first-order chi connectivity index (χ1) is 7.46. The summed E-state index contributed by atoms with van der Waals surface area (Å²) >= 11 is 1.65. The lowest BCUT2D eigenvalue weighted by molar-refractivity contribution is 0.488. The van der Waals surface area contributed by atoms with Gasteiger partial charge in [0.15, 0.2) is 5.82 Å². The Hall–Kier alpha value is -1.20. The van der Waals surface area contributed by atoms with Gasteiger partial charge in [0.25, 0.3) is 0 Å². The highest BCUT2D eigenvalue weighted by atomic mass is 32.1. The lowest BCUT2D eigenvalue weighted by Gasteiger charge is -2.16. The summed E-state index contributed by atoms with van der Waals surface area (Å²) < 4.78 is 1.81. The smallest absolute Gasteiger partial charge is 0.191 e. The molecule has 0 aromatic carbocycles. The normalized spacial score (nSPS) is 12.0. The predicted octanol–water partition coefficient (Wildman–Crippen LogP) is 1.82. The van der Waals surface area contributed by atoms with E-state index in [1.165, 1.54) is 0 Å². The van der Waals surface area contributed by atoms with E-state index in [1.807, 2.05) is 43.1 Å². The molecular weight excluding hydrogens is 220 g/mol. The Morgan fingerprint density at radius 3 is 2.81 bits per heavy atom. The van der Waals surface area contributed by atoms with E-state index in [2.05, 4.69) is 10.1 Å². The molecule has 16 heavy (non-hydrogen) atoms. The van der Waals surface area contributed by atoms with Crippen LogP contribution in [0.5, 0.6) is 0 Å². The van der Waals surface area contributed by atoms with Gasteiger partial charge in [-0.1, -0.05) is 6.07 Å². The lowest BCUT2D eigenvalue weighted by Crippen LogP contribution is -2.35. The molecule has 0 amide bonds. The number of thiophene rings is 1. The van der Waals surface area contributed by atoms with Gasteiger partial charge in [0.05, 0.1) is 4.88 Å². The third-order valence-electron chi connectivity index (χ3n) is 2.21. The molecule has 0 spiro atoms. The maximum absolute atomic E-state index is 5.99. The van der Waals surface area contributed by atoms with Crippen molar-refractivity contribution in [3.05, 3.63) is 23.3 Å². The van der Waals surface area contributed by atoms with Crippen molar-refractivity contribution in [1.82, 2.24) is 14.8 Å². The van der Waals surface area contributed by atoms with Crippen LogP contribution in [-0.2, 0) is 13.5 Å². The van der Waals surface area contributed by atoms with Gasteiger partial charge in [-0.25, -0.2) is 4.98 Å². The van der Waals surface area contributed by atoms with Crippen LogP contribution in [0.25, 0.3) is 10.7 Å². The Kier molecular flexibility index (Phi) is 2.82. The van der Waals surface area contributed by atoms with Crippen LogP contribution in [0.2, 0.25) is 0 Å². The van der Waals surface area contributed by atoms with E-state index >= 15 is 0 Å². The first-order valence-corrected chi connectivity index (χ1v) is 6.06. The molecule has 2 heterocycles. The van der Waals surface area contributed by atoms with Gasteiger partial charge in [0, 0.05) is 19.0 Å². The van der Waals surface area contributed by atoms with Crippen LogP contribution >= 0.6 is 11.3 Å². The summed E-state index contributed by atoms with van der Waals surface area (Å²) in [6.45, 7) is 3.99. The summed E-state index contributed by atoms with van der Waals surface area (Å²) in [5, 5.41) is 6.42. The van der Waals surface area contributed by atoms with E-state index in [9.17, 15) is 0 Å². The van der Waals surface area contributed by atoms with Crippen LogP contribution in [0.1, 0.15) is 19.7 Å². The molecule has 5 heteroatoms. The molecule has 0 fully saturated rings. The standard InChI is InChI=1S/C11H16N4S/c1-11(2,12)7-9-13-10(14-15(9)3)8-5-4-6-16-8/h4-6H,7,12H2,1-3H3. The first kappa shape index (κ1) is 11.3. The Labute approximate surface area is 99.1 Å². The van der Waals surface area contributed by atoms with Crippen molar-refractivity contribution in [2.24, 2.45) is 12.8 Å². The average molecular weight is 236 g/mol. The van der Waals surface area contributed by atoms with E-state index in [4.69, 9.17) is 5.73 Å². The van der Waals surface area contributed by atoms with Crippen molar-refractivity contribution in [2.75, 3.05) is 0 Å². The lowest BCUT2D eigenvalue weighted by atomic mass is 10.0. The number of aryl methyl sites for hydroxylation is 1. The average Bonchev–Trinajstić information content (AvgIpc) is 2.73. The second-order valence-electron chi connectivity index (χ2n) is 4.62. The summed E-state index contributed by atoms with van der Waals surface area (Å²) in [6.07, 6.45) is 0.724. The van der Waals surface area contributed by atoms with E-state index in [1.54, 1.807) is 11.3 Å². The summed E-state index contributed by atoms with van der Waals surface area (Å²) in [7, 11) is 1.91. The van der Waals surface area contributed by atoms with Crippen molar-refractivity contribution >= 4 is 11.3 Å². The quantitative estimate of drug-likeness (QED) is 0.884. The molecule has 2 rings (SSSR count). The van der Waals surface area contributed by atoms with Crippen LogP contribution in [-0.4, -0.2) is 20.3 Å². The fraction of sp³-hybridized carbons (Fsp3) is 0.455. The largest absolute Gasteiger partial charge is 0.325 e. The van der Waals surface area contributed by atoms with Gasteiger partial charge >= 0.3 is 0 Å². The van der Waals surface area contributed by atoms with Gasteiger partial charge in [0.2, 0.25) is 0 Å². The van der Waals surface area contributed by atoms with Crippen LogP contribution in [0.4, 0.5) is 0 Å². The zero-order chi connectivity index (χ0) is 11.8. The molecule has 0 saturated heterocycles. The highest BCUT2D eigenvalue weighted by molar-refractivity contribution is 7.13. The molecule has 0 bridgehead atoms. The minimum atomic E-state index is -0.256. The van der Waals surface area contributed by atoms with Crippen LogP contribution < -0.4 is 5.73 Å². The van der Waals surface area contributed by atoms with Crippen LogP contribution in [0.3, 0.4) is 0 Å². The van der Waals surface area contributed by atoms with E-state index in [-0.39, 0.29) is 5.54 Å². The Bertz CT molecular complexity index is 465. The molecule has 4 nitrogen and oxygen atoms in total. The Balaban J connectivity index is 2.29. The molecule has 0 unspecified atom stereocenters. The number of nitrogens with two attached hydrogens (primary N) is 1. The second kappa shape index (κ2) is 3.99. The fourth-order valence-corrected chi connectivity index (χ4v) is 2.14. The summed E-state index contributed by atoms with van der Waals surface area (Å²) in [5.41, 5.74) is 5.73. The Morgan fingerprint density at radius 2 is 2.25 bits per heavy atom. The second-order valence-corrected chi connectivity index (χ2v) is 5.57. The highest BCUT2D eigenvalue weighted by Crippen LogP contribution is 2.21. The van der Waals surface area contributed by atoms with Crippen LogP contribution in [0, 0.1) is 0 Å². The summed E-state index contributed by atoms with van der Waals surface area (Å²) in [6, 6.07) is 4.03. The van der Waals surface area contributed by atoms with Gasteiger partial charge in [-0.05, 0) is 25.3 Å². The van der Waals surface area contributed by atoms with Gasteiger partial charge in [0.1, 0.15) is 5.82 Å². The maximum Gasteiger partial charge on any atom is 0.191 e. The SMILES string of the molecule is Cn1nc(-c2cccs2)nc1CC(C)(C)N. The maximum atomic E-state index is 5.99. The monoisotopic (exact) mass is 236 g/mol. The molecule has 0 aliphatic carbocycles. The summed E-state index contributed by atoms with van der Waals surface area (Å²) in [5.74, 6) is 1.72. The minimum absolute atomic E-state index is 0.256. The van der Waals surface area contributed by atoms with Crippen molar-refractivity contribution < 1.29 is 0 Å². The number of aromatic nitrogens is 3. The molecule has 2 N–H and O–H groups in total. The Morgan fingerprint density at radius 1 is 1.50 bits per heavy atom. The minimum Gasteiger partial charge on any atom is -0.325 e. The topological polar surface area (TPSA) is 56.7 Å². The molecule has 0 radical (unpaired) electrons. The number of hydrogen-bond donors (Lipinski definition) is 1. The molecule has 86 valence electrons. The molecule has 0 aliphatic rings. The van der Waals surface area contributed by atoms with Crippen molar-refractivity contribution in [1.29, 1.82) is 0 Å². The summed E-state index contributed by atoms with van der Waals surface area (Å²) in [4.78, 5) is 5.61.